The molecule has 3 rings (SSSR count). The minimum absolute atomic E-state index is 0.0516. The first-order valence-electron chi connectivity index (χ1n) is 6.02. The van der Waals surface area contributed by atoms with Gasteiger partial charge in [-0.1, -0.05) is 13.8 Å². The number of oxazole rings is 1. The molecule has 19 heavy (non-hydrogen) atoms. The van der Waals surface area contributed by atoms with Crippen molar-refractivity contribution < 1.29 is 4.42 Å². The molecule has 98 valence electrons. The molecule has 5 nitrogen and oxygen atoms in total. The average molecular weight is 275 g/mol. The summed E-state index contributed by atoms with van der Waals surface area (Å²) in [4.78, 5) is 20.6. The number of hydrogen-bond donors (Lipinski definition) is 0. The third-order valence-electron chi connectivity index (χ3n) is 2.88. The van der Waals surface area contributed by atoms with E-state index in [9.17, 15) is 4.79 Å². The highest BCUT2D eigenvalue weighted by Crippen LogP contribution is 2.16. The predicted molar refractivity (Wildman–Crippen MR) is 73.6 cm³/mol. The summed E-state index contributed by atoms with van der Waals surface area (Å²) < 4.78 is 7.79. The number of hydrogen-bond acceptors (Lipinski definition) is 5. The molecule has 3 aromatic rings. The third kappa shape index (κ3) is 2.19. The summed E-state index contributed by atoms with van der Waals surface area (Å²) >= 11 is 1.40. The van der Waals surface area contributed by atoms with Gasteiger partial charge >= 0.3 is 0 Å². The molecule has 0 aliphatic rings. The summed E-state index contributed by atoms with van der Waals surface area (Å²) in [7, 11) is 0. The van der Waals surface area contributed by atoms with Crippen molar-refractivity contribution in [3.05, 3.63) is 46.0 Å². The van der Waals surface area contributed by atoms with Gasteiger partial charge in [0.05, 0.1) is 18.0 Å². The van der Waals surface area contributed by atoms with Gasteiger partial charge in [-0.15, -0.1) is 11.3 Å². The molecule has 0 unspecified atom stereocenters. The predicted octanol–water partition coefficient (Wildman–Crippen LogP) is 2.62. The van der Waals surface area contributed by atoms with Crippen LogP contribution in [0.15, 0.2) is 33.2 Å². The van der Waals surface area contributed by atoms with Crippen molar-refractivity contribution >= 4 is 21.6 Å². The van der Waals surface area contributed by atoms with Crippen LogP contribution in [0.1, 0.15) is 31.4 Å². The standard InChI is InChI=1S/C13H13N3O2S/c1-8(2)10-5-14-11(18-10)6-16-7-15-9-3-4-19-12(9)13(16)17/h3-5,7-8H,6H2,1-2H3. The van der Waals surface area contributed by atoms with Gasteiger partial charge in [0.2, 0.25) is 5.89 Å². The Bertz CT molecular complexity index is 769. The van der Waals surface area contributed by atoms with E-state index in [0.717, 1.165) is 11.3 Å². The number of rotatable bonds is 3. The van der Waals surface area contributed by atoms with Crippen LogP contribution in [0.2, 0.25) is 0 Å². The van der Waals surface area contributed by atoms with Crippen molar-refractivity contribution in [2.24, 2.45) is 0 Å². The van der Waals surface area contributed by atoms with Crippen LogP contribution in [-0.2, 0) is 6.54 Å². The lowest BCUT2D eigenvalue weighted by Crippen LogP contribution is -2.20. The van der Waals surface area contributed by atoms with Gasteiger partial charge in [-0.2, -0.15) is 0 Å². The highest BCUT2D eigenvalue weighted by molar-refractivity contribution is 7.17. The van der Waals surface area contributed by atoms with Crippen LogP contribution in [-0.4, -0.2) is 14.5 Å². The third-order valence-corrected chi connectivity index (χ3v) is 3.77. The summed E-state index contributed by atoms with van der Waals surface area (Å²) in [6, 6.07) is 1.84. The van der Waals surface area contributed by atoms with Crippen molar-refractivity contribution in [3.63, 3.8) is 0 Å². The van der Waals surface area contributed by atoms with E-state index in [2.05, 4.69) is 9.97 Å². The molecule has 3 aromatic heterocycles. The van der Waals surface area contributed by atoms with E-state index in [1.165, 1.54) is 22.2 Å². The Kier molecular flexibility index (Phi) is 2.94. The van der Waals surface area contributed by atoms with E-state index >= 15 is 0 Å². The molecule has 0 N–H and O–H groups in total. The summed E-state index contributed by atoms with van der Waals surface area (Å²) in [5, 5.41) is 1.87. The highest BCUT2D eigenvalue weighted by atomic mass is 32.1. The van der Waals surface area contributed by atoms with Gasteiger partial charge in [0.25, 0.3) is 5.56 Å². The molecular formula is C13H13N3O2S. The zero-order valence-corrected chi connectivity index (χ0v) is 11.5. The first kappa shape index (κ1) is 12.1. The van der Waals surface area contributed by atoms with Crippen LogP contribution in [0.25, 0.3) is 10.2 Å². The Labute approximate surface area is 113 Å². The maximum Gasteiger partial charge on any atom is 0.271 e. The van der Waals surface area contributed by atoms with E-state index < -0.39 is 0 Å². The summed E-state index contributed by atoms with van der Waals surface area (Å²) in [6.07, 6.45) is 3.25. The Morgan fingerprint density at radius 2 is 2.26 bits per heavy atom. The largest absolute Gasteiger partial charge is 0.443 e. The van der Waals surface area contributed by atoms with Crippen LogP contribution in [0.5, 0.6) is 0 Å². The molecule has 0 saturated carbocycles. The molecule has 0 radical (unpaired) electrons. The molecule has 0 saturated heterocycles. The van der Waals surface area contributed by atoms with Crippen LogP contribution in [0.4, 0.5) is 0 Å². The topological polar surface area (TPSA) is 60.9 Å². The average Bonchev–Trinajstić information content (AvgIpc) is 3.01. The fourth-order valence-electron chi connectivity index (χ4n) is 1.80. The van der Waals surface area contributed by atoms with Crippen LogP contribution in [0.3, 0.4) is 0 Å². The van der Waals surface area contributed by atoms with Crippen LogP contribution in [0, 0.1) is 0 Å². The van der Waals surface area contributed by atoms with E-state index in [1.54, 1.807) is 6.20 Å². The molecule has 0 atom stereocenters. The molecule has 0 fully saturated rings. The Morgan fingerprint density at radius 1 is 1.42 bits per heavy atom. The molecule has 3 heterocycles. The maximum absolute atomic E-state index is 12.2. The molecule has 0 spiro atoms. The molecule has 0 aliphatic carbocycles. The van der Waals surface area contributed by atoms with Gasteiger partial charge in [0, 0.05) is 5.92 Å². The van der Waals surface area contributed by atoms with Crippen molar-refractivity contribution in [2.75, 3.05) is 0 Å². The van der Waals surface area contributed by atoms with E-state index in [0.29, 0.717) is 17.1 Å². The second-order valence-corrected chi connectivity index (χ2v) is 5.54. The van der Waals surface area contributed by atoms with Crippen molar-refractivity contribution in [3.8, 4) is 0 Å². The smallest absolute Gasteiger partial charge is 0.271 e. The first-order valence-corrected chi connectivity index (χ1v) is 6.90. The lowest BCUT2D eigenvalue weighted by Gasteiger charge is -2.02. The summed E-state index contributed by atoms with van der Waals surface area (Å²) in [5.74, 6) is 1.65. The van der Waals surface area contributed by atoms with Gasteiger partial charge in [0.15, 0.2) is 0 Å². The molecule has 0 aromatic carbocycles. The fraction of sp³-hybridized carbons (Fsp3) is 0.308. The van der Waals surface area contributed by atoms with Crippen LogP contribution >= 0.6 is 11.3 Å². The first-order chi connectivity index (χ1) is 9.15. The SMILES string of the molecule is CC(C)c1cnc(Cn2cnc3ccsc3c2=O)o1. The lowest BCUT2D eigenvalue weighted by atomic mass is 10.2. The maximum atomic E-state index is 12.2. The Morgan fingerprint density at radius 3 is 3.00 bits per heavy atom. The fourth-order valence-corrected chi connectivity index (χ4v) is 2.59. The van der Waals surface area contributed by atoms with Crippen molar-refractivity contribution in [1.29, 1.82) is 0 Å². The van der Waals surface area contributed by atoms with Gasteiger partial charge in [0.1, 0.15) is 17.0 Å². The minimum atomic E-state index is -0.0516. The summed E-state index contributed by atoms with van der Waals surface area (Å²) in [6.45, 7) is 4.39. The Balaban J connectivity index is 1.96. The second-order valence-electron chi connectivity index (χ2n) is 4.62. The number of aromatic nitrogens is 3. The van der Waals surface area contributed by atoms with E-state index in [-0.39, 0.29) is 11.5 Å². The minimum Gasteiger partial charge on any atom is -0.443 e. The number of nitrogens with zero attached hydrogens (tertiary/aromatic N) is 3. The van der Waals surface area contributed by atoms with Gasteiger partial charge < -0.3 is 4.42 Å². The van der Waals surface area contributed by atoms with Gasteiger partial charge in [-0.3, -0.25) is 9.36 Å². The molecule has 6 heteroatoms. The van der Waals surface area contributed by atoms with Gasteiger partial charge in [-0.05, 0) is 11.4 Å². The molecule has 0 bridgehead atoms. The van der Waals surface area contributed by atoms with Gasteiger partial charge in [-0.25, -0.2) is 9.97 Å². The normalized spacial score (nSPS) is 11.5. The monoisotopic (exact) mass is 275 g/mol. The molecule has 0 amide bonds. The van der Waals surface area contributed by atoms with Crippen molar-refractivity contribution in [2.45, 2.75) is 26.3 Å². The van der Waals surface area contributed by atoms with E-state index in [1.807, 2.05) is 25.3 Å². The lowest BCUT2D eigenvalue weighted by molar-refractivity contribution is 0.426. The highest BCUT2D eigenvalue weighted by Gasteiger charge is 2.10. The molecular weight excluding hydrogens is 262 g/mol. The quantitative estimate of drug-likeness (QED) is 0.737. The Hall–Kier alpha value is -1.95. The number of fused-ring (bicyclic) bond motifs is 1. The zero-order chi connectivity index (χ0) is 13.4. The summed E-state index contributed by atoms with van der Waals surface area (Å²) in [5.41, 5.74) is 0.686. The number of thiophene rings is 1. The molecule has 0 aliphatic heterocycles. The van der Waals surface area contributed by atoms with Crippen molar-refractivity contribution in [1.82, 2.24) is 14.5 Å². The second kappa shape index (κ2) is 4.62. The van der Waals surface area contributed by atoms with Crippen LogP contribution < -0.4 is 5.56 Å². The zero-order valence-electron chi connectivity index (χ0n) is 10.7. The van der Waals surface area contributed by atoms with E-state index in [4.69, 9.17) is 4.42 Å².